The molecule has 184 valence electrons. The van der Waals surface area contributed by atoms with E-state index in [4.69, 9.17) is 0 Å². The Morgan fingerprint density at radius 3 is 2.69 bits per heavy atom. The number of nitrogens with one attached hydrogen (secondary N) is 2. The number of piperidine rings is 1. The van der Waals surface area contributed by atoms with E-state index in [2.05, 4.69) is 33.4 Å². The summed E-state index contributed by atoms with van der Waals surface area (Å²) in [6.07, 6.45) is 3.01. The Labute approximate surface area is 204 Å². The Bertz CT molecular complexity index is 1290. The zero-order chi connectivity index (χ0) is 24.5. The number of carbonyl (C=O) groups is 2. The normalized spacial score (nSPS) is 19.9. The van der Waals surface area contributed by atoms with Gasteiger partial charge in [-0.1, -0.05) is 38.1 Å². The molecule has 4 heterocycles. The summed E-state index contributed by atoms with van der Waals surface area (Å²) in [5.41, 5.74) is 2.16. The number of likely N-dealkylation sites (tertiary alicyclic amines) is 1. The van der Waals surface area contributed by atoms with E-state index in [1.165, 1.54) is 5.39 Å². The summed E-state index contributed by atoms with van der Waals surface area (Å²) in [7, 11) is 0. The number of urea groups is 1. The highest BCUT2D eigenvalue weighted by atomic mass is 16.2. The first-order chi connectivity index (χ1) is 16.9. The van der Waals surface area contributed by atoms with E-state index in [1.807, 2.05) is 47.7 Å². The molecule has 1 aromatic carbocycles. The van der Waals surface area contributed by atoms with E-state index >= 15 is 0 Å². The highest BCUT2D eigenvalue weighted by Crippen LogP contribution is 2.34. The van der Waals surface area contributed by atoms with Crippen molar-refractivity contribution in [3.8, 4) is 0 Å². The van der Waals surface area contributed by atoms with E-state index < -0.39 is 6.04 Å². The number of benzene rings is 1. The van der Waals surface area contributed by atoms with Gasteiger partial charge in [0, 0.05) is 62.1 Å². The largest absolute Gasteiger partial charge is 0.353 e. The molecule has 1 saturated heterocycles. The predicted molar refractivity (Wildman–Crippen MR) is 135 cm³/mol. The van der Waals surface area contributed by atoms with E-state index in [9.17, 15) is 14.4 Å². The van der Waals surface area contributed by atoms with Gasteiger partial charge in [0.05, 0.1) is 0 Å². The first-order valence-corrected chi connectivity index (χ1v) is 12.5. The predicted octanol–water partition coefficient (Wildman–Crippen LogP) is 2.77. The van der Waals surface area contributed by atoms with Gasteiger partial charge < -0.3 is 24.7 Å². The van der Waals surface area contributed by atoms with Crippen molar-refractivity contribution in [1.29, 1.82) is 0 Å². The molecule has 2 aliphatic heterocycles. The second-order valence-electron chi connectivity index (χ2n) is 10.1. The molecule has 0 radical (unpaired) electrons. The molecule has 2 N–H and O–H groups in total. The van der Waals surface area contributed by atoms with Crippen molar-refractivity contribution in [2.75, 3.05) is 19.6 Å². The Kier molecular flexibility index (Phi) is 6.36. The lowest BCUT2D eigenvalue weighted by atomic mass is 9.83. The van der Waals surface area contributed by atoms with Gasteiger partial charge in [0.15, 0.2) is 0 Å². The molecule has 2 bridgehead atoms. The quantitative estimate of drug-likeness (QED) is 0.575. The van der Waals surface area contributed by atoms with Gasteiger partial charge in [-0.3, -0.25) is 9.59 Å². The fourth-order valence-electron chi connectivity index (χ4n) is 5.57. The smallest absolute Gasteiger partial charge is 0.318 e. The standard InChI is InChI=1S/C27H33N5O3/c1-18(2)25(26(34)28-11-13-30-12-10-20-6-3-4-7-22(20)30)29-27(35)31-15-19-14-21(17-31)23-8-5-9-24(33)32(23)16-19/h3-10,12,18-19,21,25H,11,13-17H2,1-2H3,(H,28,34)(H,29,35)/t19-,21?,25-/m0/s1. The third-order valence-electron chi connectivity index (χ3n) is 7.33. The molecule has 3 atom stereocenters. The summed E-state index contributed by atoms with van der Waals surface area (Å²) in [5, 5.41) is 7.16. The minimum atomic E-state index is -0.611. The molecule has 5 rings (SSSR count). The molecule has 8 nitrogen and oxygen atoms in total. The van der Waals surface area contributed by atoms with Gasteiger partial charge in [-0.2, -0.15) is 0 Å². The maximum Gasteiger partial charge on any atom is 0.318 e. The van der Waals surface area contributed by atoms with Crippen molar-refractivity contribution in [2.45, 2.75) is 45.3 Å². The molecule has 2 aromatic heterocycles. The van der Waals surface area contributed by atoms with Crippen LogP contribution >= 0.6 is 0 Å². The van der Waals surface area contributed by atoms with E-state index in [-0.39, 0.29) is 35.3 Å². The molecular weight excluding hydrogens is 442 g/mol. The number of hydrogen-bond donors (Lipinski definition) is 2. The summed E-state index contributed by atoms with van der Waals surface area (Å²) < 4.78 is 3.97. The van der Waals surface area contributed by atoms with Gasteiger partial charge in [-0.15, -0.1) is 0 Å². The van der Waals surface area contributed by atoms with Crippen LogP contribution in [0.25, 0.3) is 10.9 Å². The minimum Gasteiger partial charge on any atom is -0.353 e. The van der Waals surface area contributed by atoms with E-state index in [1.54, 1.807) is 12.1 Å². The summed E-state index contributed by atoms with van der Waals surface area (Å²) in [5.74, 6) is 0.175. The lowest BCUT2D eigenvalue weighted by molar-refractivity contribution is -0.124. The number of pyridine rings is 1. The minimum absolute atomic E-state index is 0.0274. The summed E-state index contributed by atoms with van der Waals surface area (Å²) >= 11 is 0. The highest BCUT2D eigenvalue weighted by Gasteiger charge is 2.37. The Morgan fingerprint density at radius 2 is 1.86 bits per heavy atom. The van der Waals surface area contributed by atoms with Crippen LogP contribution in [-0.4, -0.2) is 51.6 Å². The zero-order valence-corrected chi connectivity index (χ0v) is 20.3. The molecule has 35 heavy (non-hydrogen) atoms. The Balaban J connectivity index is 1.19. The van der Waals surface area contributed by atoms with Crippen LogP contribution in [0.15, 0.2) is 59.5 Å². The maximum atomic E-state index is 13.2. The lowest BCUT2D eigenvalue weighted by Gasteiger charge is -2.43. The van der Waals surface area contributed by atoms with Gasteiger partial charge in [0.25, 0.3) is 5.56 Å². The number of fused-ring (bicyclic) bond motifs is 5. The van der Waals surface area contributed by atoms with Crippen molar-refractivity contribution in [3.05, 3.63) is 70.8 Å². The Morgan fingerprint density at radius 1 is 1.03 bits per heavy atom. The molecule has 2 aliphatic rings. The monoisotopic (exact) mass is 475 g/mol. The fraction of sp³-hybridized carbons (Fsp3) is 0.444. The topological polar surface area (TPSA) is 88.4 Å². The third-order valence-corrected chi connectivity index (χ3v) is 7.33. The Hall–Kier alpha value is -3.55. The van der Waals surface area contributed by atoms with Gasteiger partial charge in [0.1, 0.15) is 6.04 Å². The van der Waals surface area contributed by atoms with E-state index in [0.29, 0.717) is 32.7 Å². The van der Waals surface area contributed by atoms with Gasteiger partial charge in [-0.25, -0.2) is 4.79 Å². The number of hydrogen-bond acceptors (Lipinski definition) is 3. The molecule has 0 saturated carbocycles. The molecular formula is C27H33N5O3. The van der Waals surface area contributed by atoms with Crippen molar-refractivity contribution in [1.82, 2.24) is 24.7 Å². The lowest BCUT2D eigenvalue weighted by Crippen LogP contribution is -2.57. The summed E-state index contributed by atoms with van der Waals surface area (Å²) in [6, 6.07) is 14.8. The fourth-order valence-corrected chi connectivity index (χ4v) is 5.57. The first kappa shape index (κ1) is 23.2. The van der Waals surface area contributed by atoms with Crippen LogP contribution in [0.5, 0.6) is 0 Å². The van der Waals surface area contributed by atoms with Gasteiger partial charge in [0.2, 0.25) is 5.91 Å². The SMILES string of the molecule is CC(C)[C@H](NC(=O)N1CC2C[C@@H](C1)Cn1c2cccc1=O)C(=O)NCCn1ccc2ccccc21. The highest BCUT2D eigenvalue weighted by molar-refractivity contribution is 5.87. The zero-order valence-electron chi connectivity index (χ0n) is 20.3. The third kappa shape index (κ3) is 4.70. The van der Waals surface area contributed by atoms with Gasteiger partial charge >= 0.3 is 6.03 Å². The average molecular weight is 476 g/mol. The van der Waals surface area contributed by atoms with Crippen molar-refractivity contribution < 1.29 is 9.59 Å². The molecule has 3 aromatic rings. The molecule has 8 heteroatoms. The van der Waals surface area contributed by atoms with Crippen molar-refractivity contribution >= 4 is 22.8 Å². The van der Waals surface area contributed by atoms with Crippen molar-refractivity contribution in [3.63, 3.8) is 0 Å². The number of carbonyl (C=O) groups excluding carboxylic acids is 2. The number of nitrogens with zero attached hydrogens (tertiary/aromatic N) is 3. The molecule has 1 unspecified atom stereocenters. The number of rotatable bonds is 6. The van der Waals surface area contributed by atoms with Crippen LogP contribution in [0, 0.1) is 11.8 Å². The molecule has 1 fully saturated rings. The van der Waals surface area contributed by atoms with Crippen LogP contribution in [0.1, 0.15) is 31.9 Å². The summed E-state index contributed by atoms with van der Waals surface area (Å²) in [4.78, 5) is 40.3. The summed E-state index contributed by atoms with van der Waals surface area (Å²) in [6.45, 7) is 6.81. The number of amides is 3. The number of aromatic nitrogens is 2. The van der Waals surface area contributed by atoms with Gasteiger partial charge in [-0.05, 0) is 41.8 Å². The molecule has 3 amide bonds. The van der Waals surface area contributed by atoms with Crippen LogP contribution in [0.2, 0.25) is 0 Å². The van der Waals surface area contributed by atoms with Crippen LogP contribution in [0.4, 0.5) is 4.79 Å². The second kappa shape index (κ2) is 9.60. The van der Waals surface area contributed by atoms with Crippen LogP contribution in [0.3, 0.4) is 0 Å². The maximum absolute atomic E-state index is 13.2. The van der Waals surface area contributed by atoms with Crippen molar-refractivity contribution in [2.24, 2.45) is 11.8 Å². The molecule has 0 spiro atoms. The first-order valence-electron chi connectivity index (χ1n) is 12.5. The number of para-hydroxylation sites is 1. The van der Waals surface area contributed by atoms with Crippen LogP contribution < -0.4 is 16.2 Å². The second-order valence-corrected chi connectivity index (χ2v) is 10.1. The molecule has 0 aliphatic carbocycles. The average Bonchev–Trinajstić information content (AvgIpc) is 3.26. The van der Waals surface area contributed by atoms with Crippen LogP contribution in [-0.2, 0) is 17.9 Å². The van der Waals surface area contributed by atoms with E-state index in [0.717, 1.165) is 17.6 Å².